The molecule has 0 spiro atoms. The number of aromatic nitrogens is 3. The van der Waals surface area contributed by atoms with Gasteiger partial charge in [0, 0.05) is 11.1 Å². The number of phenolic OH excluding ortho intramolecular Hbond substituents is 1. The summed E-state index contributed by atoms with van der Waals surface area (Å²) in [4.78, 5) is 21.5. The van der Waals surface area contributed by atoms with Crippen LogP contribution < -0.4 is 10.6 Å². The van der Waals surface area contributed by atoms with Gasteiger partial charge < -0.3 is 26.0 Å². The lowest BCUT2D eigenvalue weighted by atomic mass is 10.1. The average Bonchev–Trinajstić information content (AvgIpc) is 2.96. The number of azo groups is 1. The molecule has 19 heteroatoms. The lowest BCUT2D eigenvalue weighted by Crippen LogP contribution is -2.06. The van der Waals surface area contributed by atoms with Crippen LogP contribution in [-0.4, -0.2) is 62.2 Å². The number of para-hydroxylation sites is 1. The Kier molecular flexibility index (Phi) is 8.24. The first-order valence-electron chi connectivity index (χ1n) is 12.7. The summed E-state index contributed by atoms with van der Waals surface area (Å²) in [7, 11) is -10.1. The van der Waals surface area contributed by atoms with Crippen LogP contribution in [0, 0.1) is 6.92 Å². The van der Waals surface area contributed by atoms with Crippen molar-refractivity contribution in [2.45, 2.75) is 16.7 Å². The molecule has 236 valence electrons. The standard InChI is InChI=1S/C27H21N7O10S2/c1-13-6-2-4-8-17(13)28-25-30-26(32-27(38)31-25)29-19-12-15(45(39,40)41)10-14-11-20(46(42,43)44)22(23(35)21(14)19)34-33-18-9-5-3-7-16(18)24(36)37/h2-12,35H,1H3,(H,36,37)(H,39,40,41)(H,42,43,44)(H3,28,29,30,31,32,38). The van der Waals surface area contributed by atoms with Gasteiger partial charge in [0.05, 0.1) is 16.1 Å². The van der Waals surface area contributed by atoms with Crippen molar-refractivity contribution in [2.24, 2.45) is 10.2 Å². The van der Waals surface area contributed by atoms with Crippen molar-refractivity contribution in [3.8, 4) is 11.8 Å². The van der Waals surface area contributed by atoms with Crippen molar-refractivity contribution >= 4 is 71.6 Å². The molecule has 7 N–H and O–H groups in total. The van der Waals surface area contributed by atoms with E-state index in [0.717, 1.165) is 23.8 Å². The number of nitrogens with one attached hydrogen (secondary N) is 2. The molecule has 0 aliphatic heterocycles. The number of benzene rings is 4. The first-order valence-corrected chi connectivity index (χ1v) is 15.6. The van der Waals surface area contributed by atoms with Gasteiger partial charge in [-0.3, -0.25) is 9.11 Å². The van der Waals surface area contributed by atoms with E-state index in [9.17, 15) is 46.1 Å². The molecule has 5 rings (SSSR count). The van der Waals surface area contributed by atoms with Crippen LogP contribution in [0.3, 0.4) is 0 Å². The number of fused-ring (bicyclic) bond motifs is 1. The topological polar surface area (TPSA) is 274 Å². The van der Waals surface area contributed by atoms with E-state index >= 15 is 0 Å². The number of carbonyl (C=O) groups is 1. The number of phenols is 1. The second kappa shape index (κ2) is 12.0. The Hall–Kier alpha value is -5.76. The third-order valence-electron chi connectivity index (χ3n) is 6.35. The molecule has 0 bridgehead atoms. The average molecular weight is 668 g/mol. The van der Waals surface area contributed by atoms with Crippen LogP contribution in [0.15, 0.2) is 86.7 Å². The van der Waals surface area contributed by atoms with Crippen molar-refractivity contribution < 1.29 is 46.1 Å². The van der Waals surface area contributed by atoms with Gasteiger partial charge in [0.2, 0.25) is 11.9 Å². The predicted molar refractivity (Wildman–Crippen MR) is 162 cm³/mol. The highest BCUT2D eigenvalue weighted by molar-refractivity contribution is 7.86. The smallest absolute Gasteiger partial charge is 0.337 e. The summed E-state index contributed by atoms with van der Waals surface area (Å²) in [6.07, 6.45) is 0. The van der Waals surface area contributed by atoms with Crippen molar-refractivity contribution in [3.63, 3.8) is 0 Å². The highest BCUT2D eigenvalue weighted by Crippen LogP contribution is 2.45. The number of hydrogen-bond donors (Lipinski definition) is 7. The fourth-order valence-electron chi connectivity index (χ4n) is 4.28. The van der Waals surface area contributed by atoms with E-state index in [1.54, 1.807) is 31.2 Å². The van der Waals surface area contributed by atoms with E-state index in [0.29, 0.717) is 5.69 Å². The van der Waals surface area contributed by atoms with Crippen molar-refractivity contribution in [2.75, 3.05) is 10.6 Å². The molecule has 1 aromatic heterocycles. The Balaban J connectivity index is 1.72. The van der Waals surface area contributed by atoms with Crippen LogP contribution in [0.5, 0.6) is 11.8 Å². The van der Waals surface area contributed by atoms with E-state index < -0.39 is 59.4 Å². The number of hydrogen-bond acceptors (Lipinski definition) is 14. The maximum atomic E-state index is 12.3. The van der Waals surface area contributed by atoms with E-state index in [1.807, 2.05) is 0 Å². The van der Waals surface area contributed by atoms with Crippen LogP contribution in [0.25, 0.3) is 10.8 Å². The summed E-state index contributed by atoms with van der Waals surface area (Å²) < 4.78 is 68.7. The molecule has 0 unspecified atom stereocenters. The molecule has 0 saturated heterocycles. The normalized spacial score (nSPS) is 12.0. The van der Waals surface area contributed by atoms with Gasteiger partial charge >= 0.3 is 12.0 Å². The molecule has 0 amide bonds. The summed E-state index contributed by atoms with van der Waals surface area (Å²) in [6, 6.07) is 14.0. The number of carboxylic acids is 1. The van der Waals surface area contributed by atoms with Gasteiger partial charge in [0.1, 0.15) is 16.3 Å². The van der Waals surface area contributed by atoms with Gasteiger partial charge in [-0.25, -0.2) is 4.79 Å². The molecule has 4 aromatic carbocycles. The Morgan fingerprint density at radius 1 is 0.783 bits per heavy atom. The van der Waals surface area contributed by atoms with Gasteiger partial charge in [-0.2, -0.15) is 31.8 Å². The van der Waals surface area contributed by atoms with Gasteiger partial charge in [-0.1, -0.05) is 30.3 Å². The molecule has 5 aromatic rings. The minimum Gasteiger partial charge on any atom is -0.505 e. The van der Waals surface area contributed by atoms with E-state index in [-0.39, 0.29) is 33.7 Å². The molecule has 46 heavy (non-hydrogen) atoms. The molecule has 0 aliphatic rings. The number of anilines is 4. The molecular weight excluding hydrogens is 646 g/mol. The molecule has 0 atom stereocenters. The number of aromatic hydroxyl groups is 2. The molecular formula is C27H21N7O10S2. The van der Waals surface area contributed by atoms with Gasteiger partial charge in [0.15, 0.2) is 5.75 Å². The number of rotatable bonds is 9. The summed E-state index contributed by atoms with van der Waals surface area (Å²) in [5, 5.41) is 43.3. The SMILES string of the molecule is Cc1ccccc1Nc1nc(O)nc(Nc2cc(S(=O)(=O)O)cc3cc(S(=O)(=O)O)c(N=Nc4ccccc4C(=O)O)c(O)c23)n1. The fraction of sp³-hybridized carbons (Fsp3) is 0.0370. The van der Waals surface area contributed by atoms with Crippen LogP contribution in [0.2, 0.25) is 0 Å². The van der Waals surface area contributed by atoms with Crippen molar-refractivity contribution in [1.82, 2.24) is 15.0 Å². The zero-order valence-corrected chi connectivity index (χ0v) is 24.8. The third-order valence-corrected chi connectivity index (χ3v) is 8.05. The van der Waals surface area contributed by atoms with Crippen LogP contribution in [-0.2, 0) is 20.2 Å². The summed E-state index contributed by atoms with van der Waals surface area (Å²) in [5.41, 5.74) is -0.364. The van der Waals surface area contributed by atoms with E-state index in [4.69, 9.17) is 0 Å². The van der Waals surface area contributed by atoms with Gasteiger partial charge in [-0.05, 0) is 54.3 Å². The molecule has 0 fully saturated rings. The molecule has 0 aliphatic carbocycles. The number of aromatic carboxylic acids is 1. The Morgan fingerprint density at radius 3 is 2.04 bits per heavy atom. The van der Waals surface area contributed by atoms with E-state index in [1.165, 1.54) is 24.3 Å². The van der Waals surface area contributed by atoms with Crippen LogP contribution in [0.4, 0.5) is 34.6 Å². The second-order valence-electron chi connectivity index (χ2n) is 9.46. The highest BCUT2D eigenvalue weighted by Gasteiger charge is 2.26. The largest absolute Gasteiger partial charge is 0.505 e. The number of carboxylic acid groups (broad SMARTS) is 1. The lowest BCUT2D eigenvalue weighted by molar-refractivity contribution is 0.0697. The first-order chi connectivity index (χ1) is 21.6. The monoisotopic (exact) mass is 667 g/mol. The summed E-state index contributed by atoms with van der Waals surface area (Å²) in [5.74, 6) is -2.89. The maximum absolute atomic E-state index is 12.3. The summed E-state index contributed by atoms with van der Waals surface area (Å²) >= 11 is 0. The first kappa shape index (κ1) is 31.7. The zero-order chi connectivity index (χ0) is 33.4. The van der Waals surface area contributed by atoms with Crippen LogP contribution >= 0.6 is 0 Å². The lowest BCUT2D eigenvalue weighted by Gasteiger charge is -2.15. The highest BCUT2D eigenvalue weighted by atomic mass is 32.2. The maximum Gasteiger partial charge on any atom is 0.337 e. The Morgan fingerprint density at radius 2 is 1.41 bits per heavy atom. The third kappa shape index (κ3) is 6.66. The summed E-state index contributed by atoms with van der Waals surface area (Å²) in [6.45, 7) is 1.80. The van der Waals surface area contributed by atoms with Crippen LogP contribution in [0.1, 0.15) is 15.9 Å². The zero-order valence-electron chi connectivity index (χ0n) is 23.2. The minimum atomic E-state index is -5.18. The Labute approximate surface area is 259 Å². The molecule has 1 heterocycles. The molecule has 0 radical (unpaired) electrons. The quantitative estimate of drug-likeness (QED) is 0.0818. The van der Waals surface area contributed by atoms with E-state index in [2.05, 4.69) is 35.8 Å². The van der Waals surface area contributed by atoms with Crippen molar-refractivity contribution in [1.29, 1.82) is 0 Å². The number of nitrogens with zero attached hydrogens (tertiary/aromatic N) is 5. The predicted octanol–water partition coefficient (Wildman–Crippen LogP) is 4.84. The fourth-order valence-corrected chi connectivity index (χ4v) is 5.48. The molecule has 0 saturated carbocycles. The minimum absolute atomic E-state index is 0.149. The van der Waals surface area contributed by atoms with Gasteiger partial charge in [0.25, 0.3) is 20.2 Å². The van der Waals surface area contributed by atoms with Crippen molar-refractivity contribution in [3.05, 3.63) is 77.9 Å². The van der Waals surface area contributed by atoms with Gasteiger partial charge in [-0.15, -0.1) is 10.2 Å². The molecule has 17 nitrogen and oxygen atoms in total. The Bertz CT molecular complexity index is 2300. The number of aryl methyl sites for hydroxylation is 1. The second-order valence-corrected chi connectivity index (χ2v) is 12.3.